The molecule has 0 unspecified atom stereocenters. The second kappa shape index (κ2) is 25.7. The first-order valence-corrected chi connectivity index (χ1v) is 6.61. The Bertz CT molecular complexity index is 174. The van der Waals surface area contributed by atoms with E-state index in [-0.39, 0.29) is 24.8 Å². The molecule has 0 saturated heterocycles. The number of hydrogen-bond donors (Lipinski definition) is 2. The number of carbonyl (C=O) groups is 1. The Labute approximate surface area is 127 Å². The summed E-state index contributed by atoms with van der Waals surface area (Å²) in [5.41, 5.74) is 0. The second-order valence-electron chi connectivity index (χ2n) is 3.16. The fourth-order valence-electron chi connectivity index (χ4n) is 0.959. The minimum absolute atomic E-state index is 0. The Balaban J connectivity index is -0.000000100. The summed E-state index contributed by atoms with van der Waals surface area (Å²) in [6.45, 7) is 4.03. The average molecular weight is 322 g/mol. The predicted molar refractivity (Wildman–Crippen MR) is 83.9 cm³/mol. The molecule has 0 rings (SSSR count). The fourth-order valence-corrected chi connectivity index (χ4v) is 1.18. The molecule has 112 valence electrons. The molecule has 0 saturated carbocycles. The van der Waals surface area contributed by atoms with E-state index in [9.17, 15) is 4.79 Å². The Morgan fingerprint density at radius 1 is 1.22 bits per heavy atom. The molecule has 0 aliphatic heterocycles. The second-order valence-corrected chi connectivity index (χ2v) is 4.14. The van der Waals surface area contributed by atoms with Crippen molar-refractivity contribution in [3.8, 4) is 0 Å². The highest BCUT2D eigenvalue weighted by Gasteiger charge is 1.91. The minimum Gasteiger partial charge on any atom is -0.449 e. The van der Waals surface area contributed by atoms with E-state index in [1.807, 2.05) is 6.92 Å². The monoisotopic (exact) mass is 321 g/mol. The molecule has 0 fully saturated rings. The summed E-state index contributed by atoms with van der Waals surface area (Å²) in [5, 5.41) is 14.6. The number of rotatable bonds is 8. The molecule has 0 spiro atoms. The van der Waals surface area contributed by atoms with Crippen LogP contribution >= 0.6 is 36.9 Å². The zero-order chi connectivity index (χ0) is 12.6. The summed E-state index contributed by atoms with van der Waals surface area (Å²) >= 11 is 0.917. The van der Waals surface area contributed by atoms with E-state index >= 15 is 0 Å². The van der Waals surface area contributed by atoms with Crippen molar-refractivity contribution in [2.24, 2.45) is 0 Å². The van der Waals surface area contributed by atoms with E-state index in [0.29, 0.717) is 5.75 Å². The van der Waals surface area contributed by atoms with Gasteiger partial charge < -0.3 is 14.7 Å². The van der Waals surface area contributed by atoms with Gasteiger partial charge in [-0.05, 0) is 19.1 Å². The molecule has 0 aromatic heterocycles. The van der Waals surface area contributed by atoms with Crippen LogP contribution in [-0.2, 0) is 4.18 Å². The molecule has 0 amide bonds. The third-order valence-electron chi connectivity index (χ3n) is 1.70. The van der Waals surface area contributed by atoms with E-state index in [1.165, 1.54) is 38.3 Å². The van der Waals surface area contributed by atoms with Crippen LogP contribution in [0.5, 0.6) is 0 Å². The summed E-state index contributed by atoms with van der Waals surface area (Å²) in [5.74, 6) is 0.659. The lowest BCUT2D eigenvalue weighted by atomic mass is 10.1. The van der Waals surface area contributed by atoms with Gasteiger partial charge in [-0.3, -0.25) is 0 Å². The van der Waals surface area contributed by atoms with Gasteiger partial charge in [0.2, 0.25) is 0 Å². The number of hydrogen-bond acceptors (Lipinski definition) is 4. The van der Waals surface area contributed by atoms with Gasteiger partial charge in [-0.1, -0.05) is 39.5 Å². The van der Waals surface area contributed by atoms with E-state index in [4.69, 9.17) is 10.5 Å². The van der Waals surface area contributed by atoms with Crippen molar-refractivity contribution in [1.29, 1.82) is 5.41 Å². The molecule has 18 heavy (non-hydrogen) atoms. The van der Waals surface area contributed by atoms with Crippen LogP contribution in [0.1, 0.15) is 52.4 Å². The summed E-state index contributed by atoms with van der Waals surface area (Å²) in [7, 11) is 0. The lowest BCUT2D eigenvalue weighted by Crippen LogP contribution is -1.90. The van der Waals surface area contributed by atoms with Crippen LogP contribution in [0.3, 0.4) is 0 Å². The predicted octanol–water partition coefficient (Wildman–Crippen LogP) is 5.19. The van der Waals surface area contributed by atoms with Gasteiger partial charge in [-0.15, -0.1) is 24.8 Å². The average Bonchev–Trinajstić information content (AvgIpc) is 2.27. The maximum atomic E-state index is 9.52. The molecule has 0 aliphatic carbocycles. The Hall–Kier alpha value is -0.130. The first-order chi connectivity index (χ1) is 7.68. The van der Waals surface area contributed by atoms with Gasteiger partial charge in [0.25, 0.3) is 0 Å². The molecule has 7 heteroatoms. The maximum absolute atomic E-state index is 9.52. The lowest BCUT2D eigenvalue weighted by molar-refractivity contribution is 0.153. The van der Waals surface area contributed by atoms with Crippen LogP contribution in [0, 0.1) is 5.41 Å². The van der Waals surface area contributed by atoms with Gasteiger partial charge in [0.15, 0.2) is 0 Å². The van der Waals surface area contributed by atoms with Crippen LogP contribution in [-0.4, -0.2) is 23.2 Å². The molecular weight excluding hydrogens is 297 g/mol. The van der Waals surface area contributed by atoms with E-state index < -0.39 is 6.16 Å². The summed E-state index contributed by atoms with van der Waals surface area (Å²) in [4.78, 5) is 9.52. The van der Waals surface area contributed by atoms with E-state index in [1.54, 1.807) is 0 Å². The van der Waals surface area contributed by atoms with Crippen molar-refractivity contribution in [3.63, 3.8) is 0 Å². The van der Waals surface area contributed by atoms with Gasteiger partial charge in [0.05, 0.1) is 12.0 Å². The Morgan fingerprint density at radius 3 is 2.11 bits per heavy atom. The van der Waals surface area contributed by atoms with Gasteiger partial charge >= 0.3 is 6.16 Å². The van der Waals surface area contributed by atoms with Gasteiger partial charge in [0, 0.05) is 5.75 Å². The van der Waals surface area contributed by atoms with Crippen LogP contribution in [0.15, 0.2) is 0 Å². The Morgan fingerprint density at radius 2 is 1.78 bits per heavy atom. The standard InChI is InChI=1S/C8H17N.C3H6O3S.2ClH/c1-2-3-4-5-6-7-8-9;1-2-7-6-3(4)5;;/h8-9H,2-7H2,1H3;2H2,1H3,(H,4,5);2*1H. The van der Waals surface area contributed by atoms with E-state index in [2.05, 4.69) is 11.1 Å². The molecular formula is C11H25Cl2NO3S. The highest BCUT2D eigenvalue weighted by atomic mass is 35.5. The van der Waals surface area contributed by atoms with Crippen molar-refractivity contribution >= 4 is 49.2 Å². The molecule has 0 radical (unpaired) electrons. The molecule has 4 nitrogen and oxygen atoms in total. The number of nitrogens with one attached hydrogen (secondary N) is 1. The third kappa shape index (κ3) is 36.0. The SMILES string of the molecule is CCCCCCCC=N.CCSOC(=O)O.Cl.Cl. The van der Waals surface area contributed by atoms with Crippen molar-refractivity contribution in [1.82, 2.24) is 0 Å². The maximum Gasteiger partial charge on any atom is 0.518 e. The lowest BCUT2D eigenvalue weighted by Gasteiger charge is -1.94. The first kappa shape index (κ1) is 26.4. The van der Waals surface area contributed by atoms with Crippen molar-refractivity contribution in [2.75, 3.05) is 5.75 Å². The summed E-state index contributed by atoms with van der Waals surface area (Å²) in [6.07, 6.45) is 7.79. The summed E-state index contributed by atoms with van der Waals surface area (Å²) < 4.78 is 4.02. The van der Waals surface area contributed by atoms with Gasteiger partial charge in [0.1, 0.15) is 0 Å². The highest BCUT2D eigenvalue weighted by molar-refractivity contribution is 7.94. The molecule has 0 bridgehead atoms. The minimum atomic E-state index is -1.23. The highest BCUT2D eigenvalue weighted by Crippen LogP contribution is 2.03. The van der Waals surface area contributed by atoms with E-state index in [0.717, 1.165) is 18.5 Å². The number of carboxylic acid groups (broad SMARTS) is 1. The quantitative estimate of drug-likeness (QED) is 0.366. The molecule has 0 aromatic rings. The molecule has 0 heterocycles. The topological polar surface area (TPSA) is 70.4 Å². The molecule has 2 N–H and O–H groups in total. The largest absolute Gasteiger partial charge is 0.518 e. The molecule has 0 aromatic carbocycles. The van der Waals surface area contributed by atoms with Crippen LogP contribution in [0.4, 0.5) is 4.79 Å². The smallest absolute Gasteiger partial charge is 0.449 e. The number of unbranched alkanes of at least 4 members (excludes halogenated alkanes) is 5. The zero-order valence-corrected chi connectivity index (χ0v) is 13.5. The molecule has 0 atom stereocenters. The van der Waals surface area contributed by atoms with Crippen LogP contribution < -0.4 is 0 Å². The van der Waals surface area contributed by atoms with Crippen LogP contribution in [0.2, 0.25) is 0 Å². The first-order valence-electron chi connectivity index (χ1n) is 5.70. The van der Waals surface area contributed by atoms with Gasteiger partial charge in [-0.25, -0.2) is 4.79 Å². The third-order valence-corrected chi connectivity index (χ3v) is 2.20. The zero-order valence-electron chi connectivity index (χ0n) is 11.0. The van der Waals surface area contributed by atoms with Crippen molar-refractivity contribution in [3.05, 3.63) is 0 Å². The van der Waals surface area contributed by atoms with Crippen LogP contribution in [0.25, 0.3) is 0 Å². The van der Waals surface area contributed by atoms with Crippen molar-refractivity contribution in [2.45, 2.75) is 52.4 Å². The van der Waals surface area contributed by atoms with Crippen molar-refractivity contribution < 1.29 is 14.1 Å². The fraction of sp³-hybridized carbons (Fsp3) is 0.818. The number of halogens is 2. The Kier molecular flexibility index (Phi) is 37.7. The summed E-state index contributed by atoms with van der Waals surface area (Å²) in [6, 6.07) is 0. The molecule has 0 aliphatic rings. The van der Waals surface area contributed by atoms with Gasteiger partial charge in [-0.2, -0.15) is 0 Å². The normalized spacial score (nSPS) is 7.89.